The van der Waals surface area contributed by atoms with Crippen LogP contribution in [0.4, 0.5) is 5.82 Å². The molecule has 0 atom stereocenters. The molecule has 0 aliphatic carbocycles. The Labute approximate surface area is 120 Å². The average molecular weight is 293 g/mol. The number of nitrogen functional groups attached to an aromatic ring is 1. The number of rotatable bonds is 5. The summed E-state index contributed by atoms with van der Waals surface area (Å²) in [6.07, 6.45) is 0. The van der Waals surface area contributed by atoms with Crippen LogP contribution >= 0.6 is 11.8 Å². The van der Waals surface area contributed by atoms with Crippen LogP contribution in [0.25, 0.3) is 5.69 Å². The van der Waals surface area contributed by atoms with Crippen molar-refractivity contribution in [3.05, 3.63) is 29.8 Å². The van der Waals surface area contributed by atoms with E-state index in [1.807, 2.05) is 6.92 Å². The first kappa shape index (κ1) is 14.3. The van der Waals surface area contributed by atoms with Crippen LogP contribution in [0.3, 0.4) is 0 Å². The number of aromatic carboxylic acids is 1. The largest absolute Gasteiger partial charge is 0.497 e. The van der Waals surface area contributed by atoms with Crippen molar-refractivity contribution in [1.29, 1.82) is 0 Å². The number of nitrogens with zero attached hydrogens (tertiary/aromatic N) is 2. The van der Waals surface area contributed by atoms with Gasteiger partial charge in [-0.2, -0.15) is 5.10 Å². The molecule has 0 bridgehead atoms. The van der Waals surface area contributed by atoms with Gasteiger partial charge in [0.2, 0.25) is 0 Å². The van der Waals surface area contributed by atoms with Gasteiger partial charge in [0.05, 0.1) is 12.8 Å². The lowest BCUT2D eigenvalue weighted by atomic mass is 10.3. The number of carbonyl (C=O) groups is 1. The van der Waals surface area contributed by atoms with Gasteiger partial charge in [0, 0.05) is 6.07 Å². The average Bonchev–Trinajstić information content (AvgIpc) is 2.76. The predicted octanol–water partition coefficient (Wildman–Crippen LogP) is 2.27. The third kappa shape index (κ3) is 2.57. The monoisotopic (exact) mass is 293 g/mol. The highest BCUT2D eigenvalue weighted by Gasteiger charge is 2.22. The zero-order chi connectivity index (χ0) is 14.7. The van der Waals surface area contributed by atoms with Gasteiger partial charge in [-0.15, -0.1) is 11.8 Å². The number of carboxylic acids is 1. The number of ether oxygens (including phenoxy) is 1. The summed E-state index contributed by atoms with van der Waals surface area (Å²) in [5.74, 6) is 0.405. The summed E-state index contributed by atoms with van der Waals surface area (Å²) in [5, 5.41) is 14.0. The second-order valence-electron chi connectivity index (χ2n) is 3.92. The van der Waals surface area contributed by atoms with Crippen molar-refractivity contribution >= 4 is 23.5 Å². The molecule has 3 N–H and O–H groups in total. The molecule has 0 radical (unpaired) electrons. The van der Waals surface area contributed by atoms with Gasteiger partial charge in [-0.25, -0.2) is 9.48 Å². The molecule has 20 heavy (non-hydrogen) atoms. The van der Waals surface area contributed by atoms with Crippen molar-refractivity contribution in [1.82, 2.24) is 9.78 Å². The number of anilines is 1. The van der Waals surface area contributed by atoms with Crippen molar-refractivity contribution in [2.45, 2.75) is 11.9 Å². The highest BCUT2D eigenvalue weighted by Crippen LogP contribution is 2.29. The Balaban J connectivity index is 2.56. The van der Waals surface area contributed by atoms with E-state index in [1.165, 1.54) is 16.4 Å². The molecular formula is C13H15N3O3S. The molecule has 1 heterocycles. The number of aromatic nitrogens is 2. The normalized spacial score (nSPS) is 10.5. The molecule has 0 saturated heterocycles. The van der Waals surface area contributed by atoms with Gasteiger partial charge < -0.3 is 15.6 Å². The van der Waals surface area contributed by atoms with Gasteiger partial charge >= 0.3 is 5.97 Å². The zero-order valence-corrected chi connectivity index (χ0v) is 12.0. The van der Waals surface area contributed by atoms with Gasteiger partial charge in [0.1, 0.15) is 22.2 Å². The van der Waals surface area contributed by atoms with Gasteiger partial charge in [-0.1, -0.05) is 13.0 Å². The molecule has 106 valence electrons. The van der Waals surface area contributed by atoms with Crippen molar-refractivity contribution in [3.8, 4) is 11.4 Å². The highest BCUT2D eigenvalue weighted by atomic mass is 32.2. The van der Waals surface area contributed by atoms with E-state index in [1.54, 1.807) is 31.4 Å². The smallest absolute Gasteiger partial charge is 0.342 e. The van der Waals surface area contributed by atoms with E-state index in [4.69, 9.17) is 10.5 Å². The minimum atomic E-state index is -1.08. The minimum absolute atomic E-state index is 0.0414. The molecule has 0 spiro atoms. The molecular weight excluding hydrogens is 278 g/mol. The van der Waals surface area contributed by atoms with Crippen LogP contribution in [0, 0.1) is 0 Å². The Morgan fingerprint density at radius 3 is 2.90 bits per heavy atom. The van der Waals surface area contributed by atoms with Gasteiger partial charge in [0.25, 0.3) is 0 Å². The summed E-state index contributed by atoms with van der Waals surface area (Å²) in [7, 11) is 1.56. The number of methoxy groups -OCH3 is 1. The SMILES string of the molecule is CCSc1nn(-c2cccc(OC)c2)c(N)c1C(=O)O. The van der Waals surface area contributed by atoms with E-state index in [0.29, 0.717) is 16.5 Å². The third-order valence-corrected chi connectivity index (χ3v) is 3.53. The summed E-state index contributed by atoms with van der Waals surface area (Å²) in [6.45, 7) is 1.93. The van der Waals surface area contributed by atoms with E-state index in [-0.39, 0.29) is 11.4 Å². The lowest BCUT2D eigenvalue weighted by Gasteiger charge is -2.06. The van der Waals surface area contributed by atoms with Crippen molar-refractivity contribution in [2.24, 2.45) is 0 Å². The fourth-order valence-electron chi connectivity index (χ4n) is 1.79. The van der Waals surface area contributed by atoms with Crippen LogP contribution < -0.4 is 10.5 Å². The molecule has 6 nitrogen and oxygen atoms in total. The molecule has 2 rings (SSSR count). The Bertz CT molecular complexity index is 640. The van der Waals surface area contributed by atoms with Gasteiger partial charge in [-0.3, -0.25) is 0 Å². The Morgan fingerprint density at radius 2 is 2.30 bits per heavy atom. The molecule has 0 amide bonds. The molecule has 0 saturated carbocycles. The summed E-state index contributed by atoms with van der Waals surface area (Å²) in [6, 6.07) is 7.12. The minimum Gasteiger partial charge on any atom is -0.497 e. The lowest BCUT2D eigenvalue weighted by molar-refractivity contribution is 0.0694. The summed E-state index contributed by atoms with van der Waals surface area (Å²) in [5.41, 5.74) is 6.63. The number of hydrogen-bond acceptors (Lipinski definition) is 5. The maximum atomic E-state index is 11.3. The fourth-order valence-corrected chi connectivity index (χ4v) is 2.54. The topological polar surface area (TPSA) is 90.4 Å². The van der Waals surface area contributed by atoms with Crippen LogP contribution in [0.15, 0.2) is 29.3 Å². The number of hydrogen-bond donors (Lipinski definition) is 2. The van der Waals surface area contributed by atoms with Crippen LogP contribution in [0.5, 0.6) is 5.75 Å². The molecule has 1 aromatic heterocycles. The van der Waals surface area contributed by atoms with Gasteiger partial charge in [-0.05, 0) is 17.9 Å². The quantitative estimate of drug-likeness (QED) is 0.822. The Morgan fingerprint density at radius 1 is 1.55 bits per heavy atom. The summed E-state index contributed by atoms with van der Waals surface area (Å²) >= 11 is 1.35. The first-order valence-electron chi connectivity index (χ1n) is 5.97. The van der Waals surface area contributed by atoms with E-state index in [2.05, 4.69) is 5.10 Å². The van der Waals surface area contributed by atoms with Crippen molar-refractivity contribution < 1.29 is 14.6 Å². The molecule has 7 heteroatoms. The summed E-state index contributed by atoms with van der Waals surface area (Å²) in [4.78, 5) is 11.3. The van der Waals surface area contributed by atoms with E-state index in [0.717, 1.165) is 5.75 Å². The molecule has 0 aliphatic heterocycles. The highest BCUT2D eigenvalue weighted by molar-refractivity contribution is 7.99. The standard InChI is InChI=1S/C13H15N3O3S/c1-3-20-12-10(13(17)18)11(14)16(15-12)8-5-4-6-9(7-8)19-2/h4-7H,3,14H2,1-2H3,(H,17,18). The molecule has 0 aliphatic rings. The van der Waals surface area contributed by atoms with Crippen LogP contribution in [0.1, 0.15) is 17.3 Å². The maximum absolute atomic E-state index is 11.3. The van der Waals surface area contributed by atoms with E-state index >= 15 is 0 Å². The Kier molecular flexibility index (Phi) is 4.19. The van der Waals surface area contributed by atoms with Crippen LogP contribution in [-0.2, 0) is 0 Å². The molecule has 2 aromatic rings. The van der Waals surface area contributed by atoms with Crippen LogP contribution in [0.2, 0.25) is 0 Å². The number of thioether (sulfide) groups is 1. The molecule has 0 unspecified atom stereocenters. The van der Waals surface area contributed by atoms with Crippen molar-refractivity contribution in [3.63, 3.8) is 0 Å². The lowest BCUT2D eigenvalue weighted by Crippen LogP contribution is -2.05. The number of carboxylic acid groups (broad SMARTS) is 1. The van der Waals surface area contributed by atoms with E-state index in [9.17, 15) is 9.90 Å². The first-order valence-corrected chi connectivity index (χ1v) is 6.96. The second-order valence-corrected chi connectivity index (χ2v) is 5.17. The molecule has 0 fully saturated rings. The van der Waals surface area contributed by atoms with Gasteiger partial charge in [0.15, 0.2) is 0 Å². The summed E-state index contributed by atoms with van der Waals surface area (Å²) < 4.78 is 6.57. The van der Waals surface area contributed by atoms with Crippen LogP contribution in [-0.4, -0.2) is 33.7 Å². The third-order valence-electron chi connectivity index (χ3n) is 2.68. The van der Waals surface area contributed by atoms with Crippen molar-refractivity contribution in [2.75, 3.05) is 18.6 Å². The second kappa shape index (κ2) is 5.87. The number of nitrogens with two attached hydrogens (primary N) is 1. The predicted molar refractivity (Wildman–Crippen MR) is 77.9 cm³/mol. The maximum Gasteiger partial charge on any atom is 0.342 e. The molecule has 1 aromatic carbocycles. The fraction of sp³-hybridized carbons (Fsp3) is 0.231. The first-order chi connectivity index (χ1) is 9.58. The van der Waals surface area contributed by atoms with E-state index < -0.39 is 5.97 Å². The Hall–Kier alpha value is -2.15. The number of benzene rings is 1. The zero-order valence-electron chi connectivity index (χ0n) is 11.2.